The molecule has 0 aliphatic heterocycles. The Morgan fingerprint density at radius 2 is 2.00 bits per heavy atom. The average molecular weight is 261 g/mol. The summed E-state index contributed by atoms with van der Waals surface area (Å²) in [7, 11) is -3.51. The van der Waals surface area contributed by atoms with Gasteiger partial charge in [0.2, 0.25) is 0 Å². The fourth-order valence-corrected chi connectivity index (χ4v) is 2.30. The molecule has 5 nitrogen and oxygen atoms in total. The van der Waals surface area contributed by atoms with Crippen LogP contribution < -0.4 is 0 Å². The van der Waals surface area contributed by atoms with Crippen LogP contribution in [-0.4, -0.2) is 31.5 Å². The van der Waals surface area contributed by atoms with Crippen LogP contribution in [-0.2, 0) is 19.4 Å². The Balaban J connectivity index is 4.42. The molecule has 6 heteroatoms. The molecule has 0 aliphatic carbocycles. The smallest absolute Gasteiger partial charge is 0.324 e. The third-order valence-electron chi connectivity index (χ3n) is 2.48. The molecular formula is C11H19NO4S. The van der Waals surface area contributed by atoms with Gasteiger partial charge in [-0.05, 0) is 26.7 Å². The van der Waals surface area contributed by atoms with Gasteiger partial charge in [0.1, 0.15) is 0 Å². The van der Waals surface area contributed by atoms with E-state index in [1.165, 1.54) is 6.92 Å². The van der Waals surface area contributed by atoms with E-state index in [1.54, 1.807) is 6.92 Å². The van der Waals surface area contributed by atoms with E-state index < -0.39 is 21.1 Å². The lowest BCUT2D eigenvalue weighted by atomic mass is 10.3. The molecular weight excluding hydrogens is 242 g/mol. The summed E-state index contributed by atoms with van der Waals surface area (Å²) in [4.78, 5) is 11.5. The van der Waals surface area contributed by atoms with Crippen molar-refractivity contribution in [2.75, 3.05) is 5.75 Å². The summed E-state index contributed by atoms with van der Waals surface area (Å²) in [6, 6.07) is 1.87. The van der Waals surface area contributed by atoms with Gasteiger partial charge in [0.05, 0.1) is 17.9 Å². The number of carbonyl (C=O) groups is 1. The van der Waals surface area contributed by atoms with Crippen LogP contribution in [0.3, 0.4) is 0 Å². The highest BCUT2D eigenvalue weighted by Crippen LogP contribution is 2.09. The minimum absolute atomic E-state index is 0.155. The molecule has 98 valence electrons. The molecule has 0 bridgehead atoms. The second-order valence-electron chi connectivity index (χ2n) is 3.93. The molecule has 0 aromatic rings. The van der Waals surface area contributed by atoms with E-state index in [4.69, 9.17) is 10.00 Å². The number of rotatable bonds is 7. The van der Waals surface area contributed by atoms with Gasteiger partial charge in [0, 0.05) is 6.42 Å². The Morgan fingerprint density at radius 3 is 2.47 bits per heavy atom. The summed E-state index contributed by atoms with van der Waals surface area (Å²) in [5.41, 5.74) is 0. The van der Waals surface area contributed by atoms with Crippen molar-refractivity contribution in [2.24, 2.45) is 0 Å². The van der Waals surface area contributed by atoms with Crippen molar-refractivity contribution in [3.63, 3.8) is 0 Å². The molecule has 2 atom stereocenters. The first kappa shape index (κ1) is 15.9. The van der Waals surface area contributed by atoms with Crippen molar-refractivity contribution in [3.8, 4) is 6.07 Å². The van der Waals surface area contributed by atoms with Crippen molar-refractivity contribution in [2.45, 2.75) is 51.4 Å². The first-order chi connectivity index (χ1) is 7.85. The largest absolute Gasteiger partial charge is 0.462 e. The maximum atomic E-state index is 11.7. The van der Waals surface area contributed by atoms with Gasteiger partial charge >= 0.3 is 5.97 Å². The predicted octanol–water partition coefficient (Wildman–Crippen LogP) is 1.44. The molecule has 0 aliphatic rings. The predicted molar refractivity (Wildman–Crippen MR) is 63.9 cm³/mol. The Bertz CT molecular complexity index is 383. The van der Waals surface area contributed by atoms with Crippen molar-refractivity contribution >= 4 is 15.8 Å². The Kier molecular flexibility index (Phi) is 6.81. The molecule has 0 amide bonds. The lowest BCUT2D eigenvalue weighted by molar-refractivity contribution is -0.147. The first-order valence-electron chi connectivity index (χ1n) is 5.64. The molecule has 0 radical (unpaired) electrons. The Morgan fingerprint density at radius 1 is 1.41 bits per heavy atom. The van der Waals surface area contributed by atoms with E-state index in [0.717, 1.165) is 0 Å². The third kappa shape index (κ3) is 5.68. The third-order valence-corrected chi connectivity index (χ3v) is 4.61. The lowest BCUT2D eigenvalue weighted by Crippen LogP contribution is -2.33. The van der Waals surface area contributed by atoms with E-state index in [-0.39, 0.29) is 24.7 Å². The summed E-state index contributed by atoms with van der Waals surface area (Å²) in [5, 5.41) is 7.17. The number of nitrogens with zero attached hydrogens (tertiary/aromatic N) is 1. The van der Waals surface area contributed by atoms with Crippen molar-refractivity contribution in [1.82, 2.24) is 0 Å². The van der Waals surface area contributed by atoms with Crippen LogP contribution >= 0.6 is 0 Å². The van der Waals surface area contributed by atoms with Gasteiger partial charge < -0.3 is 4.74 Å². The molecule has 0 rings (SSSR count). The second-order valence-corrected chi connectivity index (χ2v) is 6.37. The quantitative estimate of drug-likeness (QED) is 0.511. The van der Waals surface area contributed by atoms with Crippen LogP contribution in [0.2, 0.25) is 0 Å². The van der Waals surface area contributed by atoms with Crippen molar-refractivity contribution < 1.29 is 17.9 Å². The average Bonchev–Trinajstić information content (AvgIpc) is 2.27. The second kappa shape index (κ2) is 7.28. The van der Waals surface area contributed by atoms with E-state index in [9.17, 15) is 13.2 Å². The summed E-state index contributed by atoms with van der Waals surface area (Å²) in [6.07, 6.45) is 0.790. The summed E-state index contributed by atoms with van der Waals surface area (Å²) in [6.45, 7) is 4.89. The number of carbonyl (C=O) groups excluding carboxylic acids is 1. The number of hydrogen-bond donors (Lipinski definition) is 0. The molecule has 0 N–H and O–H groups in total. The Hall–Kier alpha value is -1.09. The van der Waals surface area contributed by atoms with E-state index in [2.05, 4.69) is 0 Å². The van der Waals surface area contributed by atoms with Gasteiger partial charge in [-0.15, -0.1) is 0 Å². The lowest BCUT2D eigenvalue weighted by Gasteiger charge is -2.15. The number of hydrogen-bond acceptors (Lipinski definition) is 5. The van der Waals surface area contributed by atoms with E-state index in [0.29, 0.717) is 6.42 Å². The zero-order valence-corrected chi connectivity index (χ0v) is 11.3. The van der Waals surface area contributed by atoms with Gasteiger partial charge in [-0.25, -0.2) is 8.42 Å². The van der Waals surface area contributed by atoms with Gasteiger partial charge in [-0.1, -0.05) is 6.92 Å². The maximum absolute atomic E-state index is 11.7. The van der Waals surface area contributed by atoms with Crippen molar-refractivity contribution in [3.05, 3.63) is 0 Å². The Labute approximate surface area is 103 Å². The number of nitriles is 1. The molecule has 0 aromatic heterocycles. The van der Waals surface area contributed by atoms with E-state index >= 15 is 0 Å². The van der Waals surface area contributed by atoms with Crippen LogP contribution in [0.4, 0.5) is 0 Å². The molecule has 0 aromatic carbocycles. The van der Waals surface area contributed by atoms with Crippen LogP contribution in [0.15, 0.2) is 0 Å². The fraction of sp³-hybridized carbons (Fsp3) is 0.818. The number of sulfone groups is 1. The number of esters is 1. The zero-order valence-electron chi connectivity index (χ0n) is 10.5. The standard InChI is InChI=1S/C11H19NO4S/c1-4-9(2)16-11(13)10(3)17(14,15)8-6-5-7-12/h9-10H,4-6,8H2,1-3H3. The topological polar surface area (TPSA) is 84.2 Å². The minimum Gasteiger partial charge on any atom is -0.462 e. The first-order valence-corrected chi connectivity index (χ1v) is 7.35. The van der Waals surface area contributed by atoms with Gasteiger partial charge in [-0.3, -0.25) is 4.79 Å². The van der Waals surface area contributed by atoms with Gasteiger partial charge in [-0.2, -0.15) is 5.26 Å². The van der Waals surface area contributed by atoms with Crippen LogP contribution in [0.1, 0.15) is 40.0 Å². The van der Waals surface area contributed by atoms with Crippen molar-refractivity contribution in [1.29, 1.82) is 5.26 Å². The molecule has 0 fully saturated rings. The van der Waals surface area contributed by atoms with Crippen LogP contribution in [0.25, 0.3) is 0 Å². The molecule has 0 saturated carbocycles. The van der Waals surface area contributed by atoms with Gasteiger partial charge in [0.25, 0.3) is 0 Å². The maximum Gasteiger partial charge on any atom is 0.324 e. The SMILES string of the molecule is CCC(C)OC(=O)C(C)S(=O)(=O)CCCC#N. The molecule has 0 spiro atoms. The highest BCUT2D eigenvalue weighted by Gasteiger charge is 2.29. The summed E-state index contributed by atoms with van der Waals surface area (Å²) in [5.74, 6) is -0.867. The number of unbranched alkanes of at least 4 members (excludes halogenated alkanes) is 1. The van der Waals surface area contributed by atoms with Gasteiger partial charge in [0.15, 0.2) is 15.1 Å². The highest BCUT2D eigenvalue weighted by molar-refractivity contribution is 7.92. The molecule has 0 saturated heterocycles. The summed E-state index contributed by atoms with van der Waals surface area (Å²) >= 11 is 0. The molecule has 2 unspecified atom stereocenters. The molecule has 0 heterocycles. The van der Waals surface area contributed by atoms with E-state index in [1.807, 2.05) is 13.0 Å². The highest BCUT2D eigenvalue weighted by atomic mass is 32.2. The molecule has 17 heavy (non-hydrogen) atoms. The monoisotopic (exact) mass is 261 g/mol. The summed E-state index contributed by atoms with van der Waals surface area (Å²) < 4.78 is 28.4. The van der Waals surface area contributed by atoms with Crippen LogP contribution in [0, 0.1) is 11.3 Å². The normalized spacial score (nSPS) is 14.7. The minimum atomic E-state index is -3.51. The number of ether oxygens (including phenoxy) is 1. The zero-order chi connectivity index (χ0) is 13.5. The van der Waals surface area contributed by atoms with Crippen LogP contribution in [0.5, 0.6) is 0 Å². The fourth-order valence-electron chi connectivity index (χ4n) is 1.05.